The van der Waals surface area contributed by atoms with Crippen LogP contribution in [-0.4, -0.2) is 15.7 Å². The van der Waals surface area contributed by atoms with Crippen LogP contribution in [0.5, 0.6) is 0 Å². The number of aromatic nitrogens is 2. The molecule has 2 aromatic carbocycles. The summed E-state index contributed by atoms with van der Waals surface area (Å²) in [6, 6.07) is 12.4. The van der Waals surface area contributed by atoms with E-state index in [1.165, 1.54) is 22.9 Å². The summed E-state index contributed by atoms with van der Waals surface area (Å²) < 4.78 is 40.7. The molecule has 1 heterocycles. The molecule has 0 bridgehead atoms. The van der Waals surface area contributed by atoms with Gasteiger partial charge in [0.15, 0.2) is 5.69 Å². The Morgan fingerprint density at radius 3 is 2.43 bits per heavy atom. The second-order valence-corrected chi connectivity index (χ2v) is 6.84. The summed E-state index contributed by atoms with van der Waals surface area (Å²) in [6.45, 7) is 1.66. The summed E-state index contributed by atoms with van der Waals surface area (Å²) in [5, 5.41) is 6.39. The highest BCUT2D eigenvalue weighted by atomic mass is 79.9. The number of carbonyl (C=O) groups excluding carboxylic acids is 1. The summed E-state index contributed by atoms with van der Waals surface area (Å²) >= 11 is 3.32. The molecule has 0 fully saturated rings. The van der Waals surface area contributed by atoms with Gasteiger partial charge in [0.1, 0.15) is 0 Å². The molecule has 3 rings (SSSR count). The van der Waals surface area contributed by atoms with Crippen molar-refractivity contribution < 1.29 is 18.0 Å². The molecule has 28 heavy (non-hydrogen) atoms. The van der Waals surface area contributed by atoms with Crippen LogP contribution < -0.4 is 10.7 Å². The van der Waals surface area contributed by atoms with Gasteiger partial charge in [0, 0.05) is 21.9 Å². The molecule has 0 atom stereocenters. The minimum Gasteiger partial charge on any atom is -0.320 e. The largest absolute Gasteiger partial charge is 0.416 e. The Bertz CT molecular complexity index is 1090. The van der Waals surface area contributed by atoms with Crippen molar-refractivity contribution in [3.63, 3.8) is 0 Å². The summed E-state index contributed by atoms with van der Waals surface area (Å²) in [4.78, 5) is 24.7. The van der Waals surface area contributed by atoms with Crippen molar-refractivity contribution in [3.8, 4) is 5.69 Å². The zero-order chi connectivity index (χ0) is 20.5. The first-order valence-corrected chi connectivity index (χ1v) is 8.80. The third-order valence-electron chi connectivity index (χ3n) is 3.84. The Hall–Kier alpha value is -2.94. The Labute approximate surface area is 165 Å². The van der Waals surface area contributed by atoms with E-state index in [1.807, 2.05) is 0 Å². The number of anilines is 1. The Morgan fingerprint density at radius 1 is 1.11 bits per heavy atom. The molecule has 0 aliphatic carbocycles. The van der Waals surface area contributed by atoms with Crippen molar-refractivity contribution in [2.75, 3.05) is 5.32 Å². The molecule has 9 heteroatoms. The highest BCUT2D eigenvalue weighted by Gasteiger charge is 2.30. The van der Waals surface area contributed by atoms with Crippen LogP contribution in [0.1, 0.15) is 21.7 Å². The van der Waals surface area contributed by atoms with Crippen molar-refractivity contribution in [1.29, 1.82) is 0 Å². The van der Waals surface area contributed by atoms with Gasteiger partial charge in [0.25, 0.3) is 5.91 Å². The van der Waals surface area contributed by atoms with Crippen LogP contribution in [0.4, 0.5) is 18.9 Å². The number of nitrogens with zero attached hydrogens (tertiary/aromatic N) is 2. The molecule has 0 saturated heterocycles. The van der Waals surface area contributed by atoms with E-state index < -0.39 is 28.8 Å². The molecule has 0 radical (unpaired) electrons. The highest BCUT2D eigenvalue weighted by Crippen LogP contribution is 2.30. The molecule has 0 aliphatic rings. The van der Waals surface area contributed by atoms with Gasteiger partial charge in [0.05, 0.1) is 11.3 Å². The molecule has 3 aromatic rings. The number of carbonyl (C=O) groups is 1. The van der Waals surface area contributed by atoms with Crippen molar-refractivity contribution in [3.05, 3.63) is 86.2 Å². The maximum atomic E-state index is 12.8. The van der Waals surface area contributed by atoms with Gasteiger partial charge in [-0.3, -0.25) is 9.59 Å². The molecule has 144 valence electrons. The van der Waals surface area contributed by atoms with Gasteiger partial charge in [-0.1, -0.05) is 22.0 Å². The molecule has 0 aliphatic heterocycles. The number of rotatable bonds is 3. The molecule has 0 unspecified atom stereocenters. The fourth-order valence-electron chi connectivity index (χ4n) is 2.51. The Balaban J connectivity index is 1.95. The fraction of sp³-hybridized carbons (Fsp3) is 0.105. The Kier molecular flexibility index (Phi) is 5.37. The van der Waals surface area contributed by atoms with Crippen molar-refractivity contribution in [1.82, 2.24) is 9.78 Å². The van der Waals surface area contributed by atoms with Gasteiger partial charge in [-0.15, -0.1) is 0 Å². The molecular formula is C19H13BrF3N3O2. The van der Waals surface area contributed by atoms with Crippen LogP contribution in [0.15, 0.2) is 63.9 Å². The lowest BCUT2D eigenvalue weighted by Crippen LogP contribution is -2.27. The molecule has 0 spiro atoms. The number of benzene rings is 2. The van der Waals surface area contributed by atoms with E-state index in [0.717, 1.165) is 16.6 Å². The number of alkyl halides is 3. The molecule has 5 nitrogen and oxygen atoms in total. The average molecular weight is 452 g/mol. The average Bonchev–Trinajstić information content (AvgIpc) is 2.62. The fourth-order valence-corrected chi connectivity index (χ4v) is 2.78. The number of aryl methyl sites for hydroxylation is 1. The molecule has 1 aromatic heterocycles. The van der Waals surface area contributed by atoms with E-state index >= 15 is 0 Å². The van der Waals surface area contributed by atoms with Gasteiger partial charge in [-0.05, 0) is 49.4 Å². The minimum absolute atomic E-state index is 0.0863. The van der Waals surface area contributed by atoms with Crippen LogP contribution in [0.25, 0.3) is 5.69 Å². The van der Waals surface area contributed by atoms with Crippen molar-refractivity contribution in [2.24, 2.45) is 0 Å². The summed E-state index contributed by atoms with van der Waals surface area (Å²) in [5.74, 6) is -0.893. The molecule has 0 saturated carbocycles. The SMILES string of the molecule is Cc1cc(=O)c(C(=O)Nc2cccc(C(F)(F)F)c2)nn1-c1ccc(Br)cc1. The highest BCUT2D eigenvalue weighted by molar-refractivity contribution is 9.10. The van der Waals surface area contributed by atoms with Crippen molar-refractivity contribution >= 4 is 27.5 Å². The predicted octanol–water partition coefficient (Wildman–Crippen LogP) is 4.57. The monoisotopic (exact) mass is 451 g/mol. The lowest BCUT2D eigenvalue weighted by Gasteiger charge is -2.12. The van der Waals surface area contributed by atoms with E-state index in [9.17, 15) is 22.8 Å². The topological polar surface area (TPSA) is 64.0 Å². The lowest BCUT2D eigenvalue weighted by molar-refractivity contribution is -0.137. The quantitative estimate of drug-likeness (QED) is 0.633. The number of nitrogens with one attached hydrogen (secondary N) is 1. The van der Waals surface area contributed by atoms with Gasteiger partial charge in [-0.25, -0.2) is 4.68 Å². The first-order chi connectivity index (χ1) is 13.1. The van der Waals surface area contributed by atoms with Gasteiger partial charge < -0.3 is 5.32 Å². The third kappa shape index (κ3) is 4.30. The minimum atomic E-state index is -4.54. The first-order valence-electron chi connectivity index (χ1n) is 8.01. The van der Waals surface area contributed by atoms with E-state index in [0.29, 0.717) is 11.4 Å². The molecule has 1 N–H and O–H groups in total. The zero-order valence-corrected chi connectivity index (χ0v) is 16.0. The maximum Gasteiger partial charge on any atom is 0.416 e. The lowest BCUT2D eigenvalue weighted by atomic mass is 10.2. The summed E-state index contributed by atoms with van der Waals surface area (Å²) in [5.41, 5.74) is -0.927. The summed E-state index contributed by atoms with van der Waals surface area (Å²) in [7, 11) is 0. The standard InChI is InChI=1S/C19H13BrF3N3O2/c1-11-9-16(27)17(25-26(11)15-7-5-13(20)6-8-15)18(28)24-14-4-2-3-12(10-14)19(21,22)23/h2-10H,1H3,(H,24,28). The predicted molar refractivity (Wildman–Crippen MR) is 102 cm³/mol. The first kappa shape index (κ1) is 19.8. The molecule has 1 amide bonds. The number of amides is 1. The normalized spacial score (nSPS) is 11.3. The van der Waals surface area contributed by atoms with Crippen LogP contribution in [0.3, 0.4) is 0 Å². The second-order valence-electron chi connectivity index (χ2n) is 5.92. The van der Waals surface area contributed by atoms with Gasteiger partial charge in [0.2, 0.25) is 5.43 Å². The smallest absolute Gasteiger partial charge is 0.320 e. The maximum absolute atomic E-state index is 12.8. The molecular weight excluding hydrogens is 439 g/mol. The zero-order valence-electron chi connectivity index (χ0n) is 14.4. The van der Waals surface area contributed by atoms with E-state index in [-0.39, 0.29) is 5.69 Å². The van der Waals surface area contributed by atoms with Crippen LogP contribution in [0.2, 0.25) is 0 Å². The van der Waals surface area contributed by atoms with E-state index in [1.54, 1.807) is 31.2 Å². The number of hydrogen-bond acceptors (Lipinski definition) is 3. The van der Waals surface area contributed by atoms with Crippen LogP contribution in [-0.2, 0) is 6.18 Å². The van der Waals surface area contributed by atoms with Gasteiger partial charge >= 0.3 is 6.18 Å². The van der Waals surface area contributed by atoms with Crippen LogP contribution >= 0.6 is 15.9 Å². The number of halogens is 4. The Morgan fingerprint density at radius 2 is 1.79 bits per heavy atom. The van der Waals surface area contributed by atoms with E-state index in [2.05, 4.69) is 26.3 Å². The van der Waals surface area contributed by atoms with Crippen molar-refractivity contribution in [2.45, 2.75) is 13.1 Å². The second kappa shape index (κ2) is 7.59. The number of hydrogen-bond donors (Lipinski definition) is 1. The summed E-state index contributed by atoms with van der Waals surface area (Å²) in [6.07, 6.45) is -4.54. The third-order valence-corrected chi connectivity index (χ3v) is 4.37. The van der Waals surface area contributed by atoms with Gasteiger partial charge in [-0.2, -0.15) is 18.3 Å². The van der Waals surface area contributed by atoms with E-state index in [4.69, 9.17) is 0 Å². The van der Waals surface area contributed by atoms with Crippen LogP contribution in [0, 0.1) is 6.92 Å².